The van der Waals surface area contributed by atoms with Gasteiger partial charge in [0.25, 0.3) is 0 Å². The Morgan fingerprint density at radius 1 is 1.43 bits per heavy atom. The van der Waals surface area contributed by atoms with Gasteiger partial charge in [-0.15, -0.1) is 0 Å². The lowest BCUT2D eigenvalue weighted by atomic mass is 10.0. The van der Waals surface area contributed by atoms with Gasteiger partial charge >= 0.3 is 0 Å². The zero-order chi connectivity index (χ0) is 9.97. The van der Waals surface area contributed by atoms with Crippen molar-refractivity contribution >= 4 is 0 Å². The van der Waals surface area contributed by atoms with Gasteiger partial charge in [-0.1, -0.05) is 13.0 Å². The standard InChI is InChI=1S/C11H11NO2/c1-2-9-8(5-6-12)3-4-10-11(9)14-7-13-10/h3-4H,2,5,7H2,1H3. The number of ether oxygens (including phenoxy) is 2. The number of nitriles is 1. The second-order valence-corrected chi connectivity index (χ2v) is 3.13. The first-order valence-corrected chi connectivity index (χ1v) is 4.64. The average molecular weight is 189 g/mol. The fourth-order valence-corrected chi connectivity index (χ4v) is 1.71. The summed E-state index contributed by atoms with van der Waals surface area (Å²) in [6.45, 7) is 2.34. The minimum absolute atomic E-state index is 0.290. The summed E-state index contributed by atoms with van der Waals surface area (Å²) in [7, 11) is 0. The number of fused-ring (bicyclic) bond motifs is 1. The quantitative estimate of drug-likeness (QED) is 0.715. The summed E-state index contributed by atoms with van der Waals surface area (Å²) < 4.78 is 10.6. The van der Waals surface area contributed by atoms with Crippen LogP contribution in [0.2, 0.25) is 0 Å². The molecule has 1 aromatic carbocycles. The van der Waals surface area contributed by atoms with Crippen LogP contribution >= 0.6 is 0 Å². The maximum Gasteiger partial charge on any atom is 0.231 e. The smallest absolute Gasteiger partial charge is 0.231 e. The molecule has 1 aliphatic rings. The van der Waals surface area contributed by atoms with Gasteiger partial charge in [0, 0.05) is 5.56 Å². The van der Waals surface area contributed by atoms with Crippen molar-refractivity contribution in [2.75, 3.05) is 6.79 Å². The Morgan fingerprint density at radius 2 is 2.29 bits per heavy atom. The number of benzene rings is 1. The second kappa shape index (κ2) is 3.59. The van der Waals surface area contributed by atoms with Crippen molar-refractivity contribution in [3.63, 3.8) is 0 Å². The summed E-state index contributed by atoms with van der Waals surface area (Å²) in [6, 6.07) is 5.96. The fraction of sp³-hybridized carbons (Fsp3) is 0.364. The minimum atomic E-state index is 0.290. The molecule has 0 atom stereocenters. The molecule has 0 radical (unpaired) electrons. The largest absolute Gasteiger partial charge is 0.454 e. The second-order valence-electron chi connectivity index (χ2n) is 3.13. The zero-order valence-electron chi connectivity index (χ0n) is 8.04. The molecule has 0 saturated carbocycles. The van der Waals surface area contributed by atoms with Crippen LogP contribution < -0.4 is 9.47 Å². The minimum Gasteiger partial charge on any atom is -0.454 e. The molecule has 1 aliphatic heterocycles. The highest BCUT2D eigenvalue weighted by Gasteiger charge is 2.19. The molecule has 0 bridgehead atoms. The predicted molar refractivity (Wildman–Crippen MR) is 51.3 cm³/mol. The van der Waals surface area contributed by atoms with Crippen molar-refractivity contribution in [2.45, 2.75) is 19.8 Å². The van der Waals surface area contributed by atoms with Crippen molar-refractivity contribution in [3.05, 3.63) is 23.3 Å². The molecule has 3 nitrogen and oxygen atoms in total. The van der Waals surface area contributed by atoms with E-state index in [1.165, 1.54) is 0 Å². The molecule has 0 fully saturated rings. The lowest BCUT2D eigenvalue weighted by Crippen LogP contribution is -1.96. The van der Waals surface area contributed by atoms with Gasteiger partial charge in [0.15, 0.2) is 11.5 Å². The first-order chi connectivity index (χ1) is 6.86. The van der Waals surface area contributed by atoms with Gasteiger partial charge in [-0.05, 0) is 18.1 Å². The third kappa shape index (κ3) is 1.29. The van der Waals surface area contributed by atoms with Crippen LogP contribution in [0.4, 0.5) is 0 Å². The summed E-state index contributed by atoms with van der Waals surface area (Å²) in [5.41, 5.74) is 2.14. The van der Waals surface area contributed by atoms with Crippen LogP contribution in [0.3, 0.4) is 0 Å². The van der Waals surface area contributed by atoms with E-state index in [4.69, 9.17) is 14.7 Å². The highest BCUT2D eigenvalue weighted by Crippen LogP contribution is 2.37. The first kappa shape index (κ1) is 8.89. The number of nitrogens with zero attached hydrogens (tertiary/aromatic N) is 1. The Morgan fingerprint density at radius 3 is 3.00 bits per heavy atom. The van der Waals surface area contributed by atoms with Crippen molar-refractivity contribution in [2.24, 2.45) is 0 Å². The first-order valence-electron chi connectivity index (χ1n) is 4.64. The molecule has 0 unspecified atom stereocenters. The van der Waals surface area contributed by atoms with Crippen molar-refractivity contribution < 1.29 is 9.47 Å². The molecule has 0 saturated heterocycles. The molecule has 1 heterocycles. The molecule has 0 spiro atoms. The maximum absolute atomic E-state index is 8.67. The van der Waals surface area contributed by atoms with Gasteiger partial charge in [-0.3, -0.25) is 0 Å². The molecule has 0 aromatic heterocycles. The Labute approximate surface area is 82.9 Å². The van der Waals surface area contributed by atoms with Crippen LogP contribution in [0, 0.1) is 11.3 Å². The molecule has 72 valence electrons. The highest BCUT2D eigenvalue weighted by atomic mass is 16.7. The van der Waals surface area contributed by atoms with Gasteiger partial charge in [-0.2, -0.15) is 5.26 Å². The molecule has 3 heteroatoms. The van der Waals surface area contributed by atoms with E-state index in [0.717, 1.165) is 29.0 Å². The zero-order valence-corrected chi connectivity index (χ0v) is 8.04. The Balaban J connectivity index is 2.49. The van der Waals surface area contributed by atoms with Crippen LogP contribution in [0.5, 0.6) is 11.5 Å². The molecule has 1 aromatic rings. The van der Waals surface area contributed by atoms with Crippen LogP contribution in [0.1, 0.15) is 18.1 Å². The normalized spacial score (nSPS) is 12.6. The SMILES string of the molecule is CCc1c(CC#N)ccc2c1OCO2. The molecular formula is C11H11NO2. The van der Waals surface area contributed by atoms with Gasteiger partial charge in [0.2, 0.25) is 6.79 Å². The van der Waals surface area contributed by atoms with E-state index in [0.29, 0.717) is 13.2 Å². The lowest BCUT2D eigenvalue weighted by Gasteiger charge is -2.07. The lowest BCUT2D eigenvalue weighted by molar-refractivity contribution is 0.173. The van der Waals surface area contributed by atoms with Crippen molar-refractivity contribution in [1.29, 1.82) is 5.26 Å². The molecule has 2 rings (SSSR count). The van der Waals surface area contributed by atoms with E-state index in [-0.39, 0.29) is 0 Å². The maximum atomic E-state index is 8.67. The third-order valence-electron chi connectivity index (χ3n) is 2.36. The monoisotopic (exact) mass is 189 g/mol. The summed E-state index contributed by atoms with van der Waals surface area (Å²) in [6.07, 6.45) is 1.30. The van der Waals surface area contributed by atoms with E-state index in [9.17, 15) is 0 Å². The van der Waals surface area contributed by atoms with E-state index in [2.05, 4.69) is 13.0 Å². The fourth-order valence-electron chi connectivity index (χ4n) is 1.71. The Hall–Kier alpha value is -1.69. The Bertz CT molecular complexity index is 393. The van der Waals surface area contributed by atoms with Gasteiger partial charge in [-0.25, -0.2) is 0 Å². The molecule has 0 aliphatic carbocycles. The Kier molecular flexibility index (Phi) is 2.28. The predicted octanol–water partition coefficient (Wildman–Crippen LogP) is 2.04. The van der Waals surface area contributed by atoms with Crippen LogP contribution in [0.15, 0.2) is 12.1 Å². The molecule has 0 amide bonds. The van der Waals surface area contributed by atoms with E-state index < -0.39 is 0 Å². The van der Waals surface area contributed by atoms with Gasteiger partial charge in [0.05, 0.1) is 12.5 Å². The molecule has 0 N–H and O–H groups in total. The van der Waals surface area contributed by atoms with E-state index in [1.807, 2.05) is 12.1 Å². The number of hydrogen-bond donors (Lipinski definition) is 0. The van der Waals surface area contributed by atoms with Crippen LogP contribution in [0.25, 0.3) is 0 Å². The summed E-state index contributed by atoms with van der Waals surface area (Å²) in [5.74, 6) is 1.61. The van der Waals surface area contributed by atoms with Gasteiger partial charge < -0.3 is 9.47 Å². The van der Waals surface area contributed by atoms with Crippen molar-refractivity contribution in [3.8, 4) is 17.6 Å². The topological polar surface area (TPSA) is 42.2 Å². The van der Waals surface area contributed by atoms with E-state index >= 15 is 0 Å². The van der Waals surface area contributed by atoms with Crippen LogP contribution in [-0.4, -0.2) is 6.79 Å². The highest BCUT2D eigenvalue weighted by molar-refractivity contribution is 5.52. The average Bonchev–Trinajstić information content (AvgIpc) is 2.66. The van der Waals surface area contributed by atoms with E-state index in [1.54, 1.807) is 0 Å². The number of hydrogen-bond acceptors (Lipinski definition) is 3. The van der Waals surface area contributed by atoms with Crippen LogP contribution in [-0.2, 0) is 12.8 Å². The summed E-state index contributed by atoms with van der Waals surface area (Å²) in [4.78, 5) is 0. The van der Waals surface area contributed by atoms with Crippen molar-refractivity contribution in [1.82, 2.24) is 0 Å². The molecule has 14 heavy (non-hydrogen) atoms. The third-order valence-corrected chi connectivity index (χ3v) is 2.36. The number of rotatable bonds is 2. The van der Waals surface area contributed by atoms with Gasteiger partial charge in [0.1, 0.15) is 0 Å². The molecular weight excluding hydrogens is 178 g/mol. The summed E-state index contributed by atoms with van der Waals surface area (Å²) in [5, 5.41) is 8.67. The summed E-state index contributed by atoms with van der Waals surface area (Å²) >= 11 is 0.